The van der Waals surface area contributed by atoms with Crippen LogP contribution in [0.2, 0.25) is 0 Å². The number of para-hydroxylation sites is 1. The van der Waals surface area contributed by atoms with Crippen LogP contribution in [0, 0.1) is 0 Å². The molecule has 0 saturated heterocycles. The average molecular weight is 786 g/mol. The van der Waals surface area contributed by atoms with Crippen molar-refractivity contribution in [3.63, 3.8) is 0 Å². The Balaban J connectivity index is 1.10. The van der Waals surface area contributed by atoms with Crippen molar-refractivity contribution in [2.45, 2.75) is 5.41 Å². The lowest BCUT2D eigenvalue weighted by Gasteiger charge is -2.33. The second-order valence-corrected chi connectivity index (χ2v) is 16.7. The smallest absolute Gasteiger partial charge is 0.0726 e. The van der Waals surface area contributed by atoms with Crippen LogP contribution in [0.4, 0.5) is 17.1 Å². The van der Waals surface area contributed by atoms with Gasteiger partial charge in [0.1, 0.15) is 0 Å². The van der Waals surface area contributed by atoms with Gasteiger partial charge in [-0.15, -0.1) is 0 Å². The summed E-state index contributed by atoms with van der Waals surface area (Å²) in [6.45, 7) is 0. The Morgan fingerprint density at radius 1 is 0.242 bits per heavy atom. The van der Waals surface area contributed by atoms with Crippen LogP contribution in [-0.2, 0) is 5.41 Å². The molecule has 2 aliphatic rings. The lowest BCUT2D eigenvalue weighted by Crippen LogP contribution is -2.26. The van der Waals surface area contributed by atoms with Crippen molar-refractivity contribution < 1.29 is 0 Å². The third-order valence-electron chi connectivity index (χ3n) is 13.7. The molecule has 0 N–H and O–H groups in total. The van der Waals surface area contributed by atoms with Crippen molar-refractivity contribution in [2.24, 2.45) is 0 Å². The van der Waals surface area contributed by atoms with E-state index in [4.69, 9.17) is 0 Å². The molecule has 0 saturated carbocycles. The molecule has 62 heavy (non-hydrogen) atoms. The van der Waals surface area contributed by atoms with E-state index >= 15 is 0 Å². The molecule has 0 unspecified atom stereocenters. The predicted octanol–water partition coefficient (Wildman–Crippen LogP) is 16.3. The normalized spacial score (nSPS) is 13.0. The molecule has 0 fully saturated rings. The van der Waals surface area contributed by atoms with Gasteiger partial charge >= 0.3 is 0 Å². The van der Waals surface area contributed by atoms with Gasteiger partial charge in [-0.25, -0.2) is 0 Å². The third-order valence-corrected chi connectivity index (χ3v) is 13.7. The quantitative estimate of drug-likeness (QED) is 0.157. The Morgan fingerprint density at radius 3 is 1.31 bits per heavy atom. The van der Waals surface area contributed by atoms with E-state index < -0.39 is 5.41 Å². The average Bonchev–Trinajstić information content (AvgIpc) is 3.82. The maximum Gasteiger partial charge on any atom is 0.0726 e. The van der Waals surface area contributed by atoms with Gasteiger partial charge in [0.15, 0.2) is 0 Å². The van der Waals surface area contributed by atoms with Crippen molar-refractivity contribution >= 4 is 49.4 Å². The molecule has 11 aromatic carbocycles. The largest absolute Gasteiger partial charge is 0.310 e. The summed E-state index contributed by atoms with van der Waals surface area (Å²) in [4.78, 5) is 2.51. The Hall–Kier alpha value is -8.00. The fourth-order valence-electron chi connectivity index (χ4n) is 11.1. The number of hydrogen-bond donors (Lipinski definition) is 0. The Kier molecular flexibility index (Phi) is 7.59. The van der Waals surface area contributed by atoms with E-state index in [2.05, 4.69) is 241 Å². The SMILES string of the molecule is c1ccc(-c2cccc(-c3ccccc3N(c3ccc4c(c3)C3(c5ccccc5-c5ccccc53)c3ccccc3-4)c3ccc4c5ccccc5c5ccccc5c4c3)c2)cc1. The van der Waals surface area contributed by atoms with Gasteiger partial charge in [-0.3, -0.25) is 0 Å². The fraction of sp³-hybridized carbons (Fsp3) is 0.0164. The Morgan fingerprint density at radius 2 is 0.677 bits per heavy atom. The van der Waals surface area contributed by atoms with E-state index in [1.165, 1.54) is 99.1 Å². The highest BCUT2D eigenvalue weighted by atomic mass is 15.1. The zero-order valence-electron chi connectivity index (χ0n) is 34.0. The standard InChI is InChI=1S/C61H39N/c1-2-17-40(18-3-1)41-19-16-20-42(37-41)45-21-11-15-32-60(45)62(43-33-35-50-48-24-5-4-22-46(48)47-23-6-7-25-49(47)55(50)38-43)44-34-36-54-53-28-10-14-31-58(53)61(59(54)39-44)56-29-12-8-26-51(56)52-27-9-13-30-57(52)61/h1-39H. The van der Waals surface area contributed by atoms with Crippen LogP contribution in [0.3, 0.4) is 0 Å². The van der Waals surface area contributed by atoms with E-state index in [9.17, 15) is 0 Å². The number of hydrogen-bond acceptors (Lipinski definition) is 1. The van der Waals surface area contributed by atoms with E-state index in [0.717, 1.165) is 17.1 Å². The number of nitrogens with zero attached hydrogens (tertiary/aromatic N) is 1. The second-order valence-electron chi connectivity index (χ2n) is 16.7. The minimum absolute atomic E-state index is 0.456. The van der Waals surface area contributed by atoms with Gasteiger partial charge in [-0.2, -0.15) is 0 Å². The first-order chi connectivity index (χ1) is 30.8. The van der Waals surface area contributed by atoms with E-state index in [0.29, 0.717) is 0 Å². The summed E-state index contributed by atoms with van der Waals surface area (Å²) in [7, 11) is 0. The van der Waals surface area contributed by atoms with E-state index in [1.54, 1.807) is 0 Å². The van der Waals surface area contributed by atoms with Crippen molar-refractivity contribution in [1.82, 2.24) is 0 Å². The third kappa shape index (κ3) is 4.91. The van der Waals surface area contributed by atoms with E-state index in [-0.39, 0.29) is 0 Å². The molecule has 0 aromatic heterocycles. The van der Waals surface area contributed by atoms with Gasteiger partial charge in [0.05, 0.1) is 11.1 Å². The molecule has 0 bridgehead atoms. The minimum Gasteiger partial charge on any atom is -0.310 e. The zero-order chi connectivity index (χ0) is 40.8. The minimum atomic E-state index is -0.456. The zero-order valence-corrected chi connectivity index (χ0v) is 34.0. The summed E-state index contributed by atoms with van der Waals surface area (Å²) in [6, 6.07) is 87.9. The number of benzene rings is 11. The first-order valence-corrected chi connectivity index (χ1v) is 21.6. The molecule has 0 heterocycles. The van der Waals surface area contributed by atoms with Gasteiger partial charge in [-0.05, 0) is 130 Å². The number of rotatable bonds is 5. The molecule has 0 radical (unpaired) electrons. The maximum atomic E-state index is 2.51. The highest BCUT2D eigenvalue weighted by molar-refractivity contribution is 6.26. The van der Waals surface area contributed by atoms with Crippen LogP contribution in [0.15, 0.2) is 237 Å². The summed E-state index contributed by atoms with van der Waals surface area (Å²) in [5, 5.41) is 7.59. The molecule has 0 atom stereocenters. The molecule has 288 valence electrons. The van der Waals surface area contributed by atoms with Gasteiger partial charge in [0.25, 0.3) is 0 Å². The number of anilines is 3. The van der Waals surface area contributed by atoms with Gasteiger partial charge < -0.3 is 4.90 Å². The summed E-state index contributed by atoms with van der Waals surface area (Å²) in [5.74, 6) is 0. The first kappa shape index (κ1) is 34.8. The summed E-state index contributed by atoms with van der Waals surface area (Å²) >= 11 is 0. The van der Waals surface area contributed by atoms with Crippen LogP contribution >= 0.6 is 0 Å². The van der Waals surface area contributed by atoms with Crippen LogP contribution in [0.25, 0.3) is 76.8 Å². The van der Waals surface area contributed by atoms with Gasteiger partial charge in [0.2, 0.25) is 0 Å². The molecule has 1 spiro atoms. The van der Waals surface area contributed by atoms with Crippen molar-refractivity contribution in [3.05, 3.63) is 259 Å². The number of fused-ring (bicyclic) bond motifs is 16. The highest BCUT2D eigenvalue weighted by Crippen LogP contribution is 2.63. The van der Waals surface area contributed by atoms with Crippen LogP contribution < -0.4 is 4.90 Å². The molecule has 0 amide bonds. The monoisotopic (exact) mass is 785 g/mol. The molecule has 1 heteroatoms. The van der Waals surface area contributed by atoms with Crippen molar-refractivity contribution in [1.29, 1.82) is 0 Å². The van der Waals surface area contributed by atoms with Crippen molar-refractivity contribution in [3.8, 4) is 44.5 Å². The van der Waals surface area contributed by atoms with Crippen LogP contribution in [0.5, 0.6) is 0 Å². The molecule has 11 aromatic rings. The predicted molar refractivity (Wildman–Crippen MR) is 261 cm³/mol. The maximum absolute atomic E-state index is 2.51. The molecular formula is C61H39N. The van der Waals surface area contributed by atoms with Crippen LogP contribution in [-0.4, -0.2) is 0 Å². The molecule has 0 aliphatic heterocycles. The first-order valence-electron chi connectivity index (χ1n) is 21.6. The lowest BCUT2D eigenvalue weighted by atomic mass is 9.70. The van der Waals surface area contributed by atoms with Crippen LogP contribution in [0.1, 0.15) is 22.3 Å². The summed E-state index contributed by atoms with van der Waals surface area (Å²) < 4.78 is 0. The Labute approximate surface area is 361 Å². The summed E-state index contributed by atoms with van der Waals surface area (Å²) in [6.07, 6.45) is 0. The van der Waals surface area contributed by atoms with Crippen molar-refractivity contribution in [2.75, 3.05) is 4.90 Å². The molecule has 1 nitrogen and oxygen atoms in total. The van der Waals surface area contributed by atoms with E-state index in [1.807, 2.05) is 0 Å². The Bertz CT molecular complexity index is 3500. The topological polar surface area (TPSA) is 3.24 Å². The molecular weight excluding hydrogens is 747 g/mol. The molecule has 13 rings (SSSR count). The van der Waals surface area contributed by atoms with Gasteiger partial charge in [0, 0.05) is 16.9 Å². The highest BCUT2D eigenvalue weighted by Gasteiger charge is 2.51. The summed E-state index contributed by atoms with van der Waals surface area (Å²) in [5.41, 5.74) is 18.2. The second kappa shape index (κ2) is 13.5. The lowest BCUT2D eigenvalue weighted by molar-refractivity contribution is 0.793. The van der Waals surface area contributed by atoms with Gasteiger partial charge in [-0.1, -0.05) is 200 Å². The fourth-order valence-corrected chi connectivity index (χ4v) is 11.1. The molecule has 2 aliphatic carbocycles.